The van der Waals surface area contributed by atoms with Crippen LogP contribution in [0.1, 0.15) is 52.4 Å². The fourth-order valence-corrected chi connectivity index (χ4v) is 2.99. The number of aryl methyl sites for hydroxylation is 2. The SMILES string of the molecule is CC(=O)CCCCn1c(=O)c2c(ncn2CCCCC(C)=O)n(C)c1=O.Cl.Cl. The Morgan fingerprint density at radius 1 is 0.929 bits per heavy atom. The molecule has 158 valence electrons. The van der Waals surface area contributed by atoms with Crippen LogP contribution < -0.4 is 11.2 Å². The minimum absolute atomic E-state index is 0. The van der Waals surface area contributed by atoms with Gasteiger partial charge in [-0.25, -0.2) is 9.78 Å². The lowest BCUT2D eigenvalue weighted by Gasteiger charge is -2.09. The van der Waals surface area contributed by atoms with E-state index < -0.39 is 5.69 Å². The molecule has 0 atom stereocenters. The van der Waals surface area contributed by atoms with Crippen LogP contribution >= 0.6 is 24.8 Å². The molecule has 0 bridgehead atoms. The van der Waals surface area contributed by atoms with Crippen LogP contribution in [0.3, 0.4) is 0 Å². The molecule has 0 aliphatic heterocycles. The van der Waals surface area contributed by atoms with Crippen molar-refractivity contribution in [2.75, 3.05) is 0 Å². The van der Waals surface area contributed by atoms with E-state index in [1.165, 1.54) is 16.1 Å². The van der Waals surface area contributed by atoms with Crippen molar-refractivity contribution in [3.8, 4) is 0 Å². The zero-order valence-corrected chi connectivity index (χ0v) is 18.1. The number of Topliss-reactive ketones (excluding diaryl/α,β-unsaturated/α-hetero) is 2. The van der Waals surface area contributed by atoms with Crippen LogP contribution in [0.5, 0.6) is 0 Å². The summed E-state index contributed by atoms with van der Waals surface area (Å²) in [7, 11) is 1.60. The van der Waals surface area contributed by atoms with Crippen molar-refractivity contribution in [2.24, 2.45) is 7.05 Å². The van der Waals surface area contributed by atoms with E-state index in [2.05, 4.69) is 4.98 Å². The lowest BCUT2D eigenvalue weighted by atomic mass is 10.2. The van der Waals surface area contributed by atoms with Gasteiger partial charge in [0.05, 0.1) is 6.33 Å². The highest BCUT2D eigenvalue weighted by atomic mass is 35.5. The lowest BCUT2D eigenvalue weighted by Crippen LogP contribution is -2.39. The van der Waals surface area contributed by atoms with Crippen molar-refractivity contribution in [3.05, 3.63) is 27.2 Å². The molecule has 2 aromatic rings. The highest BCUT2D eigenvalue weighted by molar-refractivity contribution is 5.85. The molecule has 0 N–H and O–H groups in total. The normalized spacial score (nSPS) is 10.4. The third-order valence-corrected chi connectivity index (χ3v) is 4.44. The molecular formula is C18H28Cl2N4O4. The second-order valence-electron chi connectivity index (χ2n) is 6.73. The van der Waals surface area contributed by atoms with E-state index in [1.54, 1.807) is 24.9 Å². The van der Waals surface area contributed by atoms with E-state index in [-0.39, 0.29) is 48.5 Å². The first kappa shape index (κ1) is 26.1. The highest BCUT2D eigenvalue weighted by Crippen LogP contribution is 2.09. The second kappa shape index (κ2) is 11.8. The summed E-state index contributed by atoms with van der Waals surface area (Å²) in [6.45, 7) is 3.95. The first-order valence-electron chi connectivity index (χ1n) is 8.96. The van der Waals surface area contributed by atoms with Gasteiger partial charge >= 0.3 is 5.69 Å². The minimum Gasteiger partial charge on any atom is -0.325 e. The van der Waals surface area contributed by atoms with Gasteiger partial charge in [0.25, 0.3) is 5.56 Å². The summed E-state index contributed by atoms with van der Waals surface area (Å²) in [6.07, 6.45) is 5.28. The topological polar surface area (TPSA) is 96.0 Å². The van der Waals surface area contributed by atoms with Crippen LogP contribution in [0.4, 0.5) is 0 Å². The quantitative estimate of drug-likeness (QED) is 0.534. The van der Waals surface area contributed by atoms with E-state index in [0.717, 1.165) is 12.8 Å². The summed E-state index contributed by atoms with van der Waals surface area (Å²) >= 11 is 0. The van der Waals surface area contributed by atoms with Crippen LogP contribution in [0.15, 0.2) is 15.9 Å². The Bertz CT molecular complexity index is 930. The van der Waals surface area contributed by atoms with E-state index in [9.17, 15) is 19.2 Å². The Morgan fingerprint density at radius 3 is 2.00 bits per heavy atom. The van der Waals surface area contributed by atoms with E-state index in [1.807, 2.05) is 0 Å². The fraction of sp³-hybridized carbons (Fsp3) is 0.611. The number of aromatic nitrogens is 4. The number of hydrogen-bond acceptors (Lipinski definition) is 5. The summed E-state index contributed by atoms with van der Waals surface area (Å²) in [4.78, 5) is 51.5. The number of unbranched alkanes of at least 4 members (excludes halogenated alkanes) is 2. The highest BCUT2D eigenvalue weighted by Gasteiger charge is 2.16. The lowest BCUT2D eigenvalue weighted by molar-refractivity contribution is -0.118. The molecule has 0 spiro atoms. The van der Waals surface area contributed by atoms with Crippen LogP contribution in [0.25, 0.3) is 11.2 Å². The molecule has 0 radical (unpaired) electrons. The number of fused-ring (bicyclic) bond motifs is 1. The molecule has 0 aromatic carbocycles. The number of carbonyl (C=O) groups excluding carboxylic acids is 2. The number of halogens is 2. The van der Waals surface area contributed by atoms with Gasteiger partial charge < -0.3 is 14.2 Å². The molecule has 28 heavy (non-hydrogen) atoms. The van der Waals surface area contributed by atoms with Crippen molar-refractivity contribution in [3.63, 3.8) is 0 Å². The maximum absolute atomic E-state index is 12.8. The van der Waals surface area contributed by atoms with Gasteiger partial charge in [-0.3, -0.25) is 13.9 Å². The van der Waals surface area contributed by atoms with Gasteiger partial charge in [0.15, 0.2) is 11.2 Å². The molecule has 10 heteroatoms. The second-order valence-corrected chi connectivity index (χ2v) is 6.73. The van der Waals surface area contributed by atoms with Crippen molar-refractivity contribution in [1.29, 1.82) is 0 Å². The van der Waals surface area contributed by atoms with Crippen molar-refractivity contribution in [1.82, 2.24) is 18.7 Å². The summed E-state index contributed by atoms with van der Waals surface area (Å²) in [5.41, 5.74) is 0.0233. The van der Waals surface area contributed by atoms with Gasteiger partial charge in [0.2, 0.25) is 0 Å². The molecular weight excluding hydrogens is 407 g/mol. The molecule has 0 aliphatic carbocycles. The summed E-state index contributed by atoms with van der Waals surface area (Å²) < 4.78 is 4.35. The third-order valence-electron chi connectivity index (χ3n) is 4.44. The summed E-state index contributed by atoms with van der Waals surface area (Å²) in [5, 5.41) is 0. The zero-order chi connectivity index (χ0) is 19.3. The Kier molecular flexibility index (Phi) is 11.0. The van der Waals surface area contributed by atoms with Gasteiger partial charge in [-0.15, -0.1) is 24.8 Å². The molecule has 0 saturated heterocycles. The molecule has 0 fully saturated rings. The number of rotatable bonds is 10. The van der Waals surface area contributed by atoms with Crippen LogP contribution in [-0.4, -0.2) is 30.3 Å². The maximum atomic E-state index is 12.8. The molecule has 0 unspecified atom stereocenters. The number of imidazole rings is 1. The molecule has 2 heterocycles. The Hall–Kier alpha value is -1.93. The average Bonchev–Trinajstić information content (AvgIpc) is 3.00. The summed E-state index contributed by atoms with van der Waals surface area (Å²) in [6, 6.07) is 0. The molecule has 2 rings (SSSR count). The van der Waals surface area contributed by atoms with E-state index in [4.69, 9.17) is 0 Å². The predicted octanol–water partition coefficient (Wildman–Crippen LogP) is 2.26. The van der Waals surface area contributed by atoms with Gasteiger partial charge in [-0.1, -0.05) is 0 Å². The average molecular weight is 435 g/mol. The van der Waals surface area contributed by atoms with Gasteiger partial charge in [-0.2, -0.15) is 0 Å². The monoisotopic (exact) mass is 434 g/mol. The molecule has 0 saturated carbocycles. The van der Waals surface area contributed by atoms with E-state index in [0.29, 0.717) is 43.4 Å². The van der Waals surface area contributed by atoms with Crippen LogP contribution in [0.2, 0.25) is 0 Å². The first-order chi connectivity index (χ1) is 12.3. The zero-order valence-electron chi connectivity index (χ0n) is 16.5. The number of hydrogen-bond donors (Lipinski definition) is 0. The summed E-state index contributed by atoms with van der Waals surface area (Å²) in [5.74, 6) is 0.250. The number of nitrogens with zero attached hydrogens (tertiary/aromatic N) is 4. The molecule has 0 amide bonds. The number of carbonyl (C=O) groups is 2. The Balaban J connectivity index is 0.00000364. The smallest absolute Gasteiger partial charge is 0.325 e. The molecule has 8 nitrogen and oxygen atoms in total. The van der Waals surface area contributed by atoms with Crippen molar-refractivity contribution < 1.29 is 9.59 Å². The first-order valence-corrected chi connectivity index (χ1v) is 8.96. The largest absolute Gasteiger partial charge is 0.332 e. The van der Waals surface area contributed by atoms with Crippen LogP contribution in [-0.2, 0) is 29.7 Å². The van der Waals surface area contributed by atoms with Crippen molar-refractivity contribution in [2.45, 2.75) is 65.5 Å². The predicted molar refractivity (Wildman–Crippen MR) is 113 cm³/mol. The molecule has 0 aliphatic rings. The van der Waals surface area contributed by atoms with Crippen molar-refractivity contribution >= 4 is 47.5 Å². The molecule has 2 aromatic heterocycles. The number of ketones is 2. The minimum atomic E-state index is -0.396. The Labute approximate surface area is 175 Å². The van der Waals surface area contributed by atoms with Gasteiger partial charge in [0.1, 0.15) is 11.6 Å². The van der Waals surface area contributed by atoms with Gasteiger partial charge in [0, 0.05) is 33.0 Å². The van der Waals surface area contributed by atoms with Gasteiger partial charge in [-0.05, 0) is 39.5 Å². The van der Waals surface area contributed by atoms with E-state index >= 15 is 0 Å². The maximum Gasteiger partial charge on any atom is 0.332 e. The Morgan fingerprint density at radius 2 is 1.46 bits per heavy atom. The standard InChI is InChI=1S/C18H26N4O4.2ClH/c1-13(23)8-4-6-10-21-12-19-16-15(21)17(25)22(18(26)20(16)3)11-7-5-9-14(2)24;;/h12H,4-11H2,1-3H3;2*1H. The third kappa shape index (κ3) is 6.31. The van der Waals surface area contributed by atoms with Crippen LogP contribution in [0, 0.1) is 0 Å². The fourth-order valence-electron chi connectivity index (χ4n) is 2.99.